The fraction of sp³-hybridized carbons (Fsp3) is 0.652. The zero-order valence-electron chi connectivity index (χ0n) is 18.8. The van der Waals surface area contributed by atoms with Gasteiger partial charge in [0.1, 0.15) is 0 Å². The van der Waals surface area contributed by atoms with E-state index in [0.29, 0.717) is 32.6 Å². The SMILES string of the molecule is CN1CCN(C(=O)C2CCCC(NCc3ccc(C(F)(F)F)cc3)CN(C)C(=O)C2)CC1. The smallest absolute Gasteiger partial charge is 0.344 e. The molecule has 0 bridgehead atoms. The van der Waals surface area contributed by atoms with Crippen molar-refractivity contribution in [2.45, 2.75) is 44.4 Å². The maximum atomic E-state index is 13.0. The van der Waals surface area contributed by atoms with Crippen molar-refractivity contribution in [2.75, 3.05) is 46.8 Å². The van der Waals surface area contributed by atoms with Crippen LogP contribution in [0, 0.1) is 5.92 Å². The zero-order valence-corrected chi connectivity index (χ0v) is 18.8. The molecule has 0 radical (unpaired) electrons. The van der Waals surface area contributed by atoms with E-state index in [-0.39, 0.29) is 30.2 Å². The summed E-state index contributed by atoms with van der Waals surface area (Å²) < 4.78 is 38.2. The monoisotopic (exact) mass is 454 g/mol. The molecule has 2 amide bonds. The summed E-state index contributed by atoms with van der Waals surface area (Å²) in [6.07, 6.45) is -1.83. The van der Waals surface area contributed by atoms with Crippen molar-refractivity contribution in [1.29, 1.82) is 0 Å². The van der Waals surface area contributed by atoms with Gasteiger partial charge in [0.05, 0.1) is 5.56 Å². The van der Waals surface area contributed by atoms with E-state index in [9.17, 15) is 22.8 Å². The van der Waals surface area contributed by atoms with E-state index in [1.165, 1.54) is 12.1 Å². The highest BCUT2D eigenvalue weighted by atomic mass is 19.4. The van der Waals surface area contributed by atoms with Gasteiger partial charge in [-0.25, -0.2) is 0 Å². The molecule has 6 nitrogen and oxygen atoms in total. The number of hydrogen-bond acceptors (Lipinski definition) is 4. The van der Waals surface area contributed by atoms with Crippen molar-refractivity contribution in [3.8, 4) is 0 Å². The molecule has 178 valence electrons. The summed E-state index contributed by atoms with van der Waals surface area (Å²) in [5, 5.41) is 3.38. The van der Waals surface area contributed by atoms with Crippen molar-refractivity contribution < 1.29 is 22.8 Å². The van der Waals surface area contributed by atoms with Crippen LogP contribution in [0.3, 0.4) is 0 Å². The number of nitrogens with zero attached hydrogens (tertiary/aromatic N) is 3. The zero-order chi connectivity index (χ0) is 23.3. The number of nitrogens with one attached hydrogen (secondary N) is 1. The number of benzene rings is 1. The van der Waals surface area contributed by atoms with Crippen LogP contribution in [-0.2, 0) is 22.3 Å². The summed E-state index contributed by atoms with van der Waals surface area (Å²) in [4.78, 5) is 31.5. The summed E-state index contributed by atoms with van der Waals surface area (Å²) in [5.74, 6) is -0.251. The normalized spacial score (nSPS) is 24.1. The number of carbonyl (C=O) groups is 2. The third kappa shape index (κ3) is 6.68. The first-order chi connectivity index (χ1) is 15.1. The maximum Gasteiger partial charge on any atom is 0.416 e. The number of hydrogen-bond donors (Lipinski definition) is 1. The van der Waals surface area contributed by atoms with Crippen molar-refractivity contribution in [3.63, 3.8) is 0 Å². The number of piperazine rings is 1. The van der Waals surface area contributed by atoms with Crippen LogP contribution in [0.1, 0.15) is 36.8 Å². The molecular weight excluding hydrogens is 421 g/mol. The molecule has 2 atom stereocenters. The van der Waals surface area contributed by atoms with Gasteiger partial charge in [-0.15, -0.1) is 0 Å². The van der Waals surface area contributed by atoms with E-state index in [2.05, 4.69) is 10.2 Å². The number of amides is 2. The molecule has 1 aromatic rings. The Labute approximate surface area is 187 Å². The Bertz CT molecular complexity index is 776. The lowest BCUT2D eigenvalue weighted by Crippen LogP contribution is -2.49. The Morgan fingerprint density at radius 1 is 1.06 bits per heavy atom. The Kier molecular flexibility index (Phi) is 8.16. The van der Waals surface area contributed by atoms with Crippen LogP contribution in [0.5, 0.6) is 0 Å². The second-order valence-corrected chi connectivity index (χ2v) is 9.01. The number of alkyl halides is 3. The van der Waals surface area contributed by atoms with E-state index < -0.39 is 11.7 Å². The molecule has 0 spiro atoms. The van der Waals surface area contributed by atoms with Gasteiger partial charge in [-0.2, -0.15) is 13.2 Å². The number of rotatable bonds is 4. The average Bonchev–Trinajstić information content (AvgIpc) is 2.82. The maximum absolute atomic E-state index is 13.0. The van der Waals surface area contributed by atoms with Crippen LogP contribution in [0.15, 0.2) is 24.3 Å². The molecule has 0 aromatic heterocycles. The molecule has 2 unspecified atom stereocenters. The van der Waals surface area contributed by atoms with Crippen LogP contribution in [0.4, 0.5) is 13.2 Å². The van der Waals surface area contributed by atoms with Crippen LogP contribution in [0.2, 0.25) is 0 Å². The van der Waals surface area contributed by atoms with Gasteiger partial charge in [-0.3, -0.25) is 9.59 Å². The van der Waals surface area contributed by atoms with Crippen molar-refractivity contribution >= 4 is 11.8 Å². The molecule has 32 heavy (non-hydrogen) atoms. The van der Waals surface area contributed by atoms with Crippen LogP contribution < -0.4 is 5.32 Å². The van der Waals surface area contributed by atoms with Gasteiger partial charge >= 0.3 is 6.18 Å². The fourth-order valence-electron chi connectivity index (χ4n) is 4.34. The van der Waals surface area contributed by atoms with Crippen LogP contribution >= 0.6 is 0 Å². The summed E-state index contributed by atoms with van der Waals surface area (Å²) in [7, 11) is 3.79. The van der Waals surface area contributed by atoms with E-state index in [1.807, 2.05) is 11.9 Å². The Hall–Kier alpha value is -2.13. The highest BCUT2D eigenvalue weighted by Crippen LogP contribution is 2.29. The van der Waals surface area contributed by atoms with Gasteiger partial charge in [0, 0.05) is 64.7 Å². The van der Waals surface area contributed by atoms with Crippen molar-refractivity contribution in [2.24, 2.45) is 5.92 Å². The highest BCUT2D eigenvalue weighted by molar-refractivity contribution is 5.86. The molecule has 2 saturated heterocycles. The van der Waals surface area contributed by atoms with Crippen LogP contribution in [0.25, 0.3) is 0 Å². The molecule has 2 fully saturated rings. The van der Waals surface area contributed by atoms with Crippen molar-refractivity contribution in [3.05, 3.63) is 35.4 Å². The summed E-state index contributed by atoms with van der Waals surface area (Å²) in [6, 6.07) is 5.15. The molecule has 1 aromatic carbocycles. The fourth-order valence-corrected chi connectivity index (χ4v) is 4.34. The second kappa shape index (κ2) is 10.7. The lowest BCUT2D eigenvalue weighted by molar-refractivity contribution is -0.142. The lowest BCUT2D eigenvalue weighted by atomic mass is 9.95. The largest absolute Gasteiger partial charge is 0.416 e. The third-order valence-corrected chi connectivity index (χ3v) is 6.49. The van der Waals surface area contributed by atoms with Gasteiger partial charge < -0.3 is 20.0 Å². The topological polar surface area (TPSA) is 55.9 Å². The molecule has 1 N–H and O–H groups in total. The standard InChI is InChI=1S/C23H33F3N4O2/c1-28-10-12-30(13-11-28)22(32)18-4-3-5-20(16-29(2)21(31)14-18)27-15-17-6-8-19(9-7-17)23(24,25)26/h6-9,18,20,27H,3-5,10-16H2,1-2H3. The summed E-state index contributed by atoms with van der Waals surface area (Å²) in [5.41, 5.74) is 0.0973. The van der Waals surface area contributed by atoms with Crippen LogP contribution in [-0.4, -0.2) is 79.4 Å². The van der Waals surface area contributed by atoms with E-state index in [4.69, 9.17) is 0 Å². The van der Waals surface area contributed by atoms with Gasteiger partial charge in [-0.05, 0) is 37.6 Å². The predicted octanol–water partition coefficient (Wildman–Crippen LogP) is 2.59. The second-order valence-electron chi connectivity index (χ2n) is 9.01. The first-order valence-corrected chi connectivity index (χ1v) is 11.2. The molecule has 0 saturated carbocycles. The quantitative estimate of drug-likeness (QED) is 0.760. The highest BCUT2D eigenvalue weighted by Gasteiger charge is 2.31. The minimum absolute atomic E-state index is 0.0173. The predicted molar refractivity (Wildman–Crippen MR) is 116 cm³/mol. The van der Waals surface area contributed by atoms with Gasteiger partial charge in [0.2, 0.25) is 11.8 Å². The van der Waals surface area contributed by atoms with E-state index >= 15 is 0 Å². The summed E-state index contributed by atoms with van der Waals surface area (Å²) >= 11 is 0. The lowest BCUT2D eigenvalue weighted by Gasteiger charge is -2.34. The first kappa shape index (κ1) is 24.5. The third-order valence-electron chi connectivity index (χ3n) is 6.49. The minimum Gasteiger partial charge on any atom is -0.344 e. The molecule has 2 aliphatic heterocycles. The molecule has 2 heterocycles. The molecular formula is C23H33F3N4O2. The molecule has 2 aliphatic rings. The van der Waals surface area contributed by atoms with Crippen molar-refractivity contribution in [1.82, 2.24) is 20.0 Å². The number of halogens is 3. The van der Waals surface area contributed by atoms with Gasteiger partial charge in [-0.1, -0.05) is 18.6 Å². The number of likely N-dealkylation sites (N-methyl/N-ethyl adjacent to an activating group) is 2. The van der Waals surface area contributed by atoms with E-state index in [0.717, 1.165) is 43.6 Å². The van der Waals surface area contributed by atoms with E-state index in [1.54, 1.807) is 11.9 Å². The Morgan fingerprint density at radius 2 is 1.72 bits per heavy atom. The van der Waals surface area contributed by atoms with Gasteiger partial charge in [0.15, 0.2) is 0 Å². The van der Waals surface area contributed by atoms with Gasteiger partial charge in [0.25, 0.3) is 0 Å². The molecule has 3 rings (SSSR count). The molecule has 9 heteroatoms. The minimum atomic E-state index is -4.34. The Morgan fingerprint density at radius 3 is 2.34 bits per heavy atom. The summed E-state index contributed by atoms with van der Waals surface area (Å²) in [6.45, 7) is 4.04. The number of carbonyl (C=O) groups excluding carboxylic acids is 2. The first-order valence-electron chi connectivity index (χ1n) is 11.2. The molecule has 0 aliphatic carbocycles. The Balaban J connectivity index is 1.56. The average molecular weight is 455 g/mol.